The minimum atomic E-state index is -0.326. The van der Waals surface area contributed by atoms with Gasteiger partial charge in [-0.1, -0.05) is 24.3 Å². The molecule has 0 radical (unpaired) electrons. The van der Waals surface area contributed by atoms with E-state index in [1.807, 2.05) is 36.4 Å². The molecule has 1 aliphatic rings. The van der Waals surface area contributed by atoms with Gasteiger partial charge in [-0.05, 0) is 55.2 Å². The molecule has 2 aromatic carbocycles. The normalized spacial score (nSPS) is 18.0. The first kappa shape index (κ1) is 17.5. The van der Waals surface area contributed by atoms with Gasteiger partial charge in [-0.2, -0.15) is 0 Å². The zero-order valence-corrected chi connectivity index (χ0v) is 14.4. The van der Waals surface area contributed by atoms with Crippen LogP contribution in [0.4, 0.5) is 5.69 Å². The third kappa shape index (κ3) is 4.81. The van der Waals surface area contributed by atoms with Gasteiger partial charge in [0, 0.05) is 24.9 Å². The SMILES string of the molecule is C[C@@H](NCc1cccc(NC(=O)[C@H]2CCCO2)c1)c1cccc(O)c1. The Hall–Kier alpha value is -2.37. The second kappa shape index (κ2) is 8.14. The van der Waals surface area contributed by atoms with E-state index in [1.54, 1.807) is 12.1 Å². The van der Waals surface area contributed by atoms with Gasteiger partial charge in [0.05, 0.1) is 0 Å². The summed E-state index contributed by atoms with van der Waals surface area (Å²) in [6.07, 6.45) is 1.40. The van der Waals surface area contributed by atoms with Crippen LogP contribution in [-0.2, 0) is 16.1 Å². The number of anilines is 1. The summed E-state index contributed by atoms with van der Waals surface area (Å²) in [5, 5.41) is 15.9. The molecule has 1 amide bonds. The average molecular weight is 340 g/mol. The topological polar surface area (TPSA) is 70.6 Å². The van der Waals surface area contributed by atoms with E-state index in [0.29, 0.717) is 13.2 Å². The van der Waals surface area contributed by atoms with Crippen LogP contribution in [0.2, 0.25) is 0 Å². The number of ether oxygens (including phenoxy) is 1. The molecule has 0 saturated carbocycles. The van der Waals surface area contributed by atoms with Crippen molar-refractivity contribution in [3.63, 3.8) is 0 Å². The molecular weight excluding hydrogens is 316 g/mol. The van der Waals surface area contributed by atoms with Gasteiger partial charge >= 0.3 is 0 Å². The quantitative estimate of drug-likeness (QED) is 0.754. The summed E-state index contributed by atoms with van der Waals surface area (Å²) in [6.45, 7) is 3.38. The van der Waals surface area contributed by atoms with E-state index in [1.165, 1.54) is 0 Å². The second-order valence-corrected chi connectivity index (χ2v) is 6.39. The summed E-state index contributed by atoms with van der Waals surface area (Å²) in [4.78, 5) is 12.1. The molecule has 0 spiro atoms. The molecule has 1 saturated heterocycles. The van der Waals surface area contributed by atoms with Crippen LogP contribution in [0.1, 0.15) is 36.9 Å². The van der Waals surface area contributed by atoms with E-state index in [2.05, 4.69) is 17.6 Å². The van der Waals surface area contributed by atoms with Crippen molar-refractivity contribution in [2.24, 2.45) is 0 Å². The van der Waals surface area contributed by atoms with Gasteiger partial charge in [-0.25, -0.2) is 0 Å². The van der Waals surface area contributed by atoms with Crippen LogP contribution >= 0.6 is 0 Å². The number of carbonyl (C=O) groups is 1. The summed E-state index contributed by atoms with van der Waals surface area (Å²) < 4.78 is 5.41. The number of phenolic OH excluding ortho intramolecular Hbond substituents is 1. The minimum absolute atomic E-state index is 0.0734. The van der Waals surface area contributed by atoms with Crippen LogP contribution in [0.3, 0.4) is 0 Å². The number of hydrogen-bond acceptors (Lipinski definition) is 4. The van der Waals surface area contributed by atoms with Crippen LogP contribution in [0.25, 0.3) is 0 Å². The maximum Gasteiger partial charge on any atom is 0.253 e. The first-order valence-electron chi connectivity index (χ1n) is 8.65. The number of hydrogen-bond donors (Lipinski definition) is 3. The molecule has 5 heteroatoms. The van der Waals surface area contributed by atoms with Crippen molar-refractivity contribution in [2.75, 3.05) is 11.9 Å². The Morgan fingerprint density at radius 1 is 1.28 bits per heavy atom. The average Bonchev–Trinajstić information content (AvgIpc) is 3.15. The van der Waals surface area contributed by atoms with Crippen molar-refractivity contribution in [1.82, 2.24) is 5.32 Å². The maximum absolute atomic E-state index is 12.1. The first-order valence-corrected chi connectivity index (χ1v) is 8.65. The number of nitrogens with one attached hydrogen (secondary N) is 2. The van der Waals surface area contributed by atoms with Crippen molar-refractivity contribution in [2.45, 2.75) is 38.5 Å². The van der Waals surface area contributed by atoms with Crippen molar-refractivity contribution in [1.29, 1.82) is 0 Å². The van der Waals surface area contributed by atoms with Gasteiger partial charge in [0.1, 0.15) is 11.9 Å². The van der Waals surface area contributed by atoms with Crippen LogP contribution in [0, 0.1) is 0 Å². The summed E-state index contributed by atoms with van der Waals surface area (Å²) in [5.41, 5.74) is 2.89. The molecule has 1 aliphatic heterocycles. The monoisotopic (exact) mass is 340 g/mol. The molecule has 1 heterocycles. The third-order valence-corrected chi connectivity index (χ3v) is 4.40. The lowest BCUT2D eigenvalue weighted by atomic mass is 10.1. The zero-order valence-electron chi connectivity index (χ0n) is 14.4. The van der Waals surface area contributed by atoms with Crippen molar-refractivity contribution < 1.29 is 14.6 Å². The fourth-order valence-electron chi connectivity index (χ4n) is 2.95. The van der Waals surface area contributed by atoms with Crippen LogP contribution < -0.4 is 10.6 Å². The van der Waals surface area contributed by atoms with E-state index in [9.17, 15) is 9.90 Å². The molecule has 2 atom stereocenters. The molecule has 2 aromatic rings. The first-order chi connectivity index (χ1) is 12.1. The number of benzene rings is 2. The van der Waals surface area contributed by atoms with Crippen LogP contribution in [-0.4, -0.2) is 23.7 Å². The van der Waals surface area contributed by atoms with E-state index < -0.39 is 0 Å². The highest BCUT2D eigenvalue weighted by atomic mass is 16.5. The van der Waals surface area contributed by atoms with Gasteiger partial charge in [0.15, 0.2) is 0 Å². The Labute approximate surface area is 148 Å². The molecule has 0 aromatic heterocycles. The number of aromatic hydroxyl groups is 1. The van der Waals surface area contributed by atoms with Crippen LogP contribution in [0.15, 0.2) is 48.5 Å². The molecule has 3 N–H and O–H groups in total. The lowest BCUT2D eigenvalue weighted by Gasteiger charge is -2.15. The van der Waals surface area contributed by atoms with E-state index >= 15 is 0 Å². The molecule has 25 heavy (non-hydrogen) atoms. The van der Waals surface area contributed by atoms with E-state index in [-0.39, 0.29) is 23.8 Å². The highest BCUT2D eigenvalue weighted by Crippen LogP contribution is 2.19. The highest BCUT2D eigenvalue weighted by Gasteiger charge is 2.23. The van der Waals surface area contributed by atoms with Crippen molar-refractivity contribution >= 4 is 11.6 Å². The molecular formula is C20H24N2O3. The predicted molar refractivity (Wildman–Crippen MR) is 97.4 cm³/mol. The van der Waals surface area contributed by atoms with E-state index in [4.69, 9.17) is 4.74 Å². The smallest absolute Gasteiger partial charge is 0.253 e. The van der Waals surface area contributed by atoms with Crippen molar-refractivity contribution in [3.05, 3.63) is 59.7 Å². The molecule has 0 unspecified atom stereocenters. The molecule has 0 aliphatic carbocycles. The highest BCUT2D eigenvalue weighted by molar-refractivity contribution is 5.94. The number of rotatable bonds is 6. The van der Waals surface area contributed by atoms with Gasteiger partial charge < -0.3 is 20.5 Å². The summed E-state index contributed by atoms with van der Waals surface area (Å²) in [5.74, 6) is 0.195. The summed E-state index contributed by atoms with van der Waals surface area (Å²) in [7, 11) is 0. The minimum Gasteiger partial charge on any atom is -0.508 e. The Kier molecular flexibility index (Phi) is 5.68. The number of phenols is 1. The Balaban J connectivity index is 1.57. The molecule has 0 bridgehead atoms. The van der Waals surface area contributed by atoms with Gasteiger partial charge in [-0.15, -0.1) is 0 Å². The number of amides is 1. The Morgan fingerprint density at radius 2 is 2.12 bits per heavy atom. The van der Waals surface area contributed by atoms with Gasteiger partial charge in [0.25, 0.3) is 5.91 Å². The fraction of sp³-hybridized carbons (Fsp3) is 0.350. The molecule has 132 valence electrons. The maximum atomic E-state index is 12.1. The summed E-state index contributed by atoms with van der Waals surface area (Å²) in [6, 6.07) is 15.2. The number of carbonyl (C=O) groups excluding carboxylic acids is 1. The lowest BCUT2D eigenvalue weighted by Crippen LogP contribution is -2.27. The largest absolute Gasteiger partial charge is 0.508 e. The Bertz CT molecular complexity index is 726. The van der Waals surface area contributed by atoms with E-state index in [0.717, 1.165) is 29.7 Å². The fourth-order valence-corrected chi connectivity index (χ4v) is 2.95. The second-order valence-electron chi connectivity index (χ2n) is 6.39. The third-order valence-electron chi connectivity index (χ3n) is 4.40. The molecule has 3 rings (SSSR count). The van der Waals surface area contributed by atoms with Gasteiger partial charge in [0.2, 0.25) is 0 Å². The van der Waals surface area contributed by atoms with Crippen molar-refractivity contribution in [3.8, 4) is 5.75 Å². The standard InChI is InChI=1S/C20H24N2O3/c1-14(16-6-3-8-18(23)12-16)21-13-15-5-2-7-17(11-15)22-20(24)19-9-4-10-25-19/h2-3,5-8,11-12,14,19,21,23H,4,9-10,13H2,1H3,(H,22,24)/t14-,19-/m1/s1. The summed E-state index contributed by atoms with van der Waals surface area (Å²) >= 11 is 0. The zero-order chi connectivity index (χ0) is 17.6. The molecule has 5 nitrogen and oxygen atoms in total. The lowest BCUT2D eigenvalue weighted by molar-refractivity contribution is -0.124. The Morgan fingerprint density at radius 3 is 2.88 bits per heavy atom. The molecule has 1 fully saturated rings. The predicted octanol–water partition coefficient (Wildman–Crippen LogP) is 3.36. The van der Waals surface area contributed by atoms with Gasteiger partial charge in [-0.3, -0.25) is 4.79 Å². The van der Waals surface area contributed by atoms with Crippen LogP contribution in [0.5, 0.6) is 5.75 Å².